The number of nitrogens with one attached hydrogen (secondary N) is 2. The van der Waals surface area contributed by atoms with Crippen LogP contribution < -0.4 is 15.4 Å². The summed E-state index contributed by atoms with van der Waals surface area (Å²) in [5, 5.41) is 6.37. The summed E-state index contributed by atoms with van der Waals surface area (Å²) in [6, 6.07) is 8.04. The molecule has 5 nitrogen and oxygen atoms in total. The quantitative estimate of drug-likeness (QED) is 0.803. The maximum Gasteiger partial charge on any atom is 0.238 e. The van der Waals surface area contributed by atoms with Crippen LogP contribution in [0.15, 0.2) is 24.3 Å². The third kappa shape index (κ3) is 5.02. The van der Waals surface area contributed by atoms with E-state index in [1.54, 1.807) is 0 Å². The van der Waals surface area contributed by atoms with Gasteiger partial charge in [-0.1, -0.05) is 12.1 Å². The van der Waals surface area contributed by atoms with Crippen molar-refractivity contribution in [1.29, 1.82) is 0 Å². The van der Waals surface area contributed by atoms with Crippen LogP contribution in [0.4, 0.5) is 5.69 Å². The number of rotatable bonds is 7. The number of anilines is 1. The number of amides is 1. The lowest BCUT2D eigenvalue weighted by Crippen LogP contribution is -2.39. The van der Waals surface area contributed by atoms with Crippen LogP contribution in [0.5, 0.6) is 5.75 Å². The third-order valence-electron chi connectivity index (χ3n) is 3.57. The number of hydrogen-bond acceptors (Lipinski definition) is 4. The first-order chi connectivity index (χ1) is 10.2. The van der Waals surface area contributed by atoms with Crippen molar-refractivity contribution in [1.82, 2.24) is 10.2 Å². The summed E-state index contributed by atoms with van der Waals surface area (Å²) < 4.78 is 5.51. The van der Waals surface area contributed by atoms with Gasteiger partial charge in [0.1, 0.15) is 5.75 Å². The highest BCUT2D eigenvalue weighted by atomic mass is 16.5. The number of para-hydroxylation sites is 2. The zero-order valence-electron chi connectivity index (χ0n) is 12.9. The molecule has 1 aliphatic rings. The van der Waals surface area contributed by atoms with Gasteiger partial charge in [0.05, 0.1) is 18.8 Å². The molecule has 1 saturated heterocycles. The lowest BCUT2D eigenvalue weighted by Gasteiger charge is -2.20. The predicted molar refractivity (Wildman–Crippen MR) is 84.8 cm³/mol. The van der Waals surface area contributed by atoms with Crippen molar-refractivity contribution >= 4 is 11.6 Å². The van der Waals surface area contributed by atoms with Crippen LogP contribution in [0.3, 0.4) is 0 Å². The van der Waals surface area contributed by atoms with E-state index in [0.717, 1.165) is 18.8 Å². The molecule has 0 radical (unpaired) electrons. The minimum atomic E-state index is -0.0114. The Hall–Kier alpha value is -1.59. The first-order valence-corrected chi connectivity index (χ1v) is 7.62. The van der Waals surface area contributed by atoms with Crippen LogP contribution in [0.25, 0.3) is 0 Å². The van der Waals surface area contributed by atoms with Gasteiger partial charge in [-0.15, -0.1) is 0 Å². The van der Waals surface area contributed by atoms with Gasteiger partial charge in [-0.2, -0.15) is 0 Å². The maximum atomic E-state index is 12.1. The molecule has 1 unspecified atom stereocenters. The molecule has 0 bridgehead atoms. The molecular formula is C16H25N3O2. The summed E-state index contributed by atoms with van der Waals surface area (Å²) in [4.78, 5) is 14.2. The molecular weight excluding hydrogens is 266 g/mol. The Morgan fingerprint density at radius 3 is 3.00 bits per heavy atom. The van der Waals surface area contributed by atoms with E-state index in [-0.39, 0.29) is 5.91 Å². The van der Waals surface area contributed by atoms with Crippen LogP contribution in [0, 0.1) is 0 Å². The summed E-state index contributed by atoms with van der Waals surface area (Å²) >= 11 is 0. The molecule has 0 aliphatic carbocycles. The predicted octanol–water partition coefficient (Wildman–Crippen LogP) is 1.71. The molecule has 1 aromatic rings. The molecule has 1 fully saturated rings. The second-order valence-electron chi connectivity index (χ2n) is 5.47. The molecule has 0 spiro atoms. The van der Waals surface area contributed by atoms with Crippen molar-refractivity contribution in [3.05, 3.63) is 24.3 Å². The summed E-state index contributed by atoms with van der Waals surface area (Å²) in [7, 11) is 1.98. The number of likely N-dealkylation sites (N-methyl/N-ethyl adjacent to an activating group) is 1. The van der Waals surface area contributed by atoms with Gasteiger partial charge in [-0.3, -0.25) is 9.69 Å². The highest BCUT2D eigenvalue weighted by molar-refractivity contribution is 5.93. The van der Waals surface area contributed by atoms with Gasteiger partial charge in [0.15, 0.2) is 0 Å². The number of nitrogens with zero attached hydrogens (tertiary/aromatic N) is 1. The van der Waals surface area contributed by atoms with Crippen LogP contribution >= 0.6 is 0 Å². The molecule has 1 aromatic carbocycles. The lowest BCUT2D eigenvalue weighted by atomic mass is 10.2. The number of hydrogen-bond donors (Lipinski definition) is 2. The second-order valence-corrected chi connectivity index (χ2v) is 5.47. The zero-order valence-corrected chi connectivity index (χ0v) is 12.9. The van der Waals surface area contributed by atoms with Crippen LogP contribution in [-0.4, -0.2) is 50.1 Å². The first-order valence-electron chi connectivity index (χ1n) is 7.62. The summed E-state index contributed by atoms with van der Waals surface area (Å²) in [6.07, 6.45) is 2.42. The Morgan fingerprint density at radius 1 is 1.48 bits per heavy atom. The van der Waals surface area contributed by atoms with E-state index < -0.39 is 0 Å². The molecule has 1 aliphatic heterocycles. The average molecular weight is 291 g/mol. The van der Waals surface area contributed by atoms with Crippen molar-refractivity contribution in [3.63, 3.8) is 0 Å². The molecule has 116 valence electrons. The number of carbonyl (C=O) groups excluding carboxylic acids is 1. The first kappa shape index (κ1) is 15.8. The van der Waals surface area contributed by atoms with E-state index in [4.69, 9.17) is 4.74 Å². The Balaban J connectivity index is 1.83. The fourth-order valence-electron chi connectivity index (χ4n) is 2.64. The molecule has 1 amide bonds. The number of carbonyl (C=O) groups is 1. The second kappa shape index (κ2) is 8.00. The molecule has 2 N–H and O–H groups in total. The van der Waals surface area contributed by atoms with E-state index >= 15 is 0 Å². The zero-order chi connectivity index (χ0) is 15.1. The van der Waals surface area contributed by atoms with Gasteiger partial charge < -0.3 is 15.4 Å². The van der Waals surface area contributed by atoms with Gasteiger partial charge in [-0.05, 0) is 45.5 Å². The minimum absolute atomic E-state index is 0.0114. The van der Waals surface area contributed by atoms with Crippen molar-refractivity contribution < 1.29 is 9.53 Å². The highest BCUT2D eigenvalue weighted by Gasteiger charge is 2.17. The topological polar surface area (TPSA) is 53.6 Å². The lowest BCUT2D eigenvalue weighted by molar-refractivity contribution is -0.117. The van der Waals surface area contributed by atoms with E-state index in [9.17, 15) is 4.79 Å². The molecule has 0 aromatic heterocycles. The van der Waals surface area contributed by atoms with Crippen LogP contribution in [0.2, 0.25) is 0 Å². The molecule has 5 heteroatoms. The molecule has 0 saturated carbocycles. The van der Waals surface area contributed by atoms with Crippen molar-refractivity contribution in [2.24, 2.45) is 0 Å². The fraction of sp³-hybridized carbons (Fsp3) is 0.562. The van der Waals surface area contributed by atoms with Gasteiger partial charge in [0, 0.05) is 12.6 Å². The molecule has 1 atom stereocenters. The van der Waals surface area contributed by atoms with Crippen molar-refractivity contribution in [2.45, 2.75) is 25.8 Å². The van der Waals surface area contributed by atoms with E-state index in [1.165, 1.54) is 12.8 Å². The Labute approximate surface area is 126 Å². The van der Waals surface area contributed by atoms with Gasteiger partial charge in [0.2, 0.25) is 5.91 Å². The summed E-state index contributed by atoms with van der Waals surface area (Å²) in [5.74, 6) is 0.705. The van der Waals surface area contributed by atoms with Crippen molar-refractivity contribution in [3.8, 4) is 5.75 Å². The largest absolute Gasteiger partial charge is 0.492 e. The maximum absolute atomic E-state index is 12.1. The summed E-state index contributed by atoms with van der Waals surface area (Å²) in [6.45, 7) is 4.90. The Morgan fingerprint density at radius 2 is 2.29 bits per heavy atom. The van der Waals surface area contributed by atoms with E-state index in [0.29, 0.717) is 24.9 Å². The van der Waals surface area contributed by atoms with E-state index in [1.807, 2.05) is 38.2 Å². The molecule has 1 heterocycles. The SMILES string of the molecule is CCOc1ccccc1NC(=O)CN(C)CC1CCCN1. The van der Waals surface area contributed by atoms with Gasteiger partial charge >= 0.3 is 0 Å². The number of benzene rings is 1. The standard InChI is InChI=1S/C16H25N3O2/c1-3-21-15-9-5-4-8-14(15)18-16(20)12-19(2)11-13-7-6-10-17-13/h4-5,8-9,13,17H,3,6-7,10-12H2,1-2H3,(H,18,20). The smallest absolute Gasteiger partial charge is 0.238 e. The highest BCUT2D eigenvalue weighted by Crippen LogP contribution is 2.23. The normalized spacial score (nSPS) is 18.0. The van der Waals surface area contributed by atoms with E-state index in [2.05, 4.69) is 15.5 Å². The fourth-order valence-corrected chi connectivity index (χ4v) is 2.64. The minimum Gasteiger partial charge on any atom is -0.492 e. The molecule has 2 rings (SSSR count). The van der Waals surface area contributed by atoms with Crippen LogP contribution in [0.1, 0.15) is 19.8 Å². The monoisotopic (exact) mass is 291 g/mol. The Kier molecular flexibility index (Phi) is 6.02. The third-order valence-corrected chi connectivity index (χ3v) is 3.57. The Bertz CT molecular complexity index is 459. The summed E-state index contributed by atoms with van der Waals surface area (Å²) in [5.41, 5.74) is 0.733. The van der Waals surface area contributed by atoms with Crippen molar-refractivity contribution in [2.75, 3.05) is 38.6 Å². The van der Waals surface area contributed by atoms with Gasteiger partial charge in [-0.25, -0.2) is 0 Å². The molecule has 21 heavy (non-hydrogen) atoms. The average Bonchev–Trinajstić information content (AvgIpc) is 2.93. The number of ether oxygens (including phenoxy) is 1. The van der Waals surface area contributed by atoms with Gasteiger partial charge in [0.25, 0.3) is 0 Å². The van der Waals surface area contributed by atoms with Crippen LogP contribution in [-0.2, 0) is 4.79 Å².